The summed E-state index contributed by atoms with van der Waals surface area (Å²) < 4.78 is 11.7. The lowest BCUT2D eigenvalue weighted by Gasteiger charge is -2.37. The standard InChI is InChI=1S/C12H26O2Si.C7H14/c1-4-5-11-15(13-2,14-3)12-9-7-6-8-10-12;1-7-5-3-2-4-6-7/h12H,4-11H2,1-3H3;7H,2-6H2,1H3. The highest BCUT2D eigenvalue weighted by molar-refractivity contribution is 6.69. The smallest absolute Gasteiger partial charge is 0.340 e. The maximum Gasteiger partial charge on any atom is 0.340 e. The monoisotopic (exact) mass is 328 g/mol. The molecule has 0 heterocycles. The van der Waals surface area contributed by atoms with Gasteiger partial charge in [-0.15, -0.1) is 0 Å². The summed E-state index contributed by atoms with van der Waals surface area (Å²) in [5, 5.41) is 0. The molecule has 132 valence electrons. The summed E-state index contributed by atoms with van der Waals surface area (Å²) in [4.78, 5) is 0. The zero-order valence-corrected chi connectivity index (χ0v) is 16.7. The van der Waals surface area contributed by atoms with E-state index in [1.54, 1.807) is 0 Å². The van der Waals surface area contributed by atoms with Crippen LogP contribution in [-0.2, 0) is 8.85 Å². The normalized spacial score (nSPS) is 21.3. The Hall–Kier alpha value is 0.137. The van der Waals surface area contributed by atoms with Gasteiger partial charge in [-0.05, 0) is 24.8 Å². The van der Waals surface area contributed by atoms with Crippen LogP contribution >= 0.6 is 0 Å². The molecule has 0 radical (unpaired) electrons. The topological polar surface area (TPSA) is 18.5 Å². The molecule has 0 amide bonds. The van der Waals surface area contributed by atoms with E-state index in [2.05, 4.69) is 13.8 Å². The van der Waals surface area contributed by atoms with E-state index >= 15 is 0 Å². The molecule has 2 aliphatic rings. The van der Waals surface area contributed by atoms with Gasteiger partial charge < -0.3 is 8.85 Å². The zero-order chi connectivity index (χ0) is 16.3. The van der Waals surface area contributed by atoms with E-state index < -0.39 is 8.56 Å². The van der Waals surface area contributed by atoms with Gasteiger partial charge in [0.1, 0.15) is 0 Å². The Morgan fingerprint density at radius 2 is 1.32 bits per heavy atom. The number of unbranched alkanes of at least 4 members (excludes halogenated alkanes) is 1. The first kappa shape index (κ1) is 20.2. The van der Waals surface area contributed by atoms with Crippen LogP contribution < -0.4 is 0 Å². The van der Waals surface area contributed by atoms with E-state index in [9.17, 15) is 0 Å². The van der Waals surface area contributed by atoms with Crippen LogP contribution in [-0.4, -0.2) is 22.8 Å². The van der Waals surface area contributed by atoms with Gasteiger partial charge in [-0.25, -0.2) is 0 Å². The Kier molecular flexibility index (Phi) is 10.7. The third-order valence-electron chi connectivity index (χ3n) is 5.69. The van der Waals surface area contributed by atoms with Crippen molar-refractivity contribution in [1.82, 2.24) is 0 Å². The van der Waals surface area contributed by atoms with Crippen LogP contribution in [0.3, 0.4) is 0 Å². The molecule has 2 aliphatic carbocycles. The van der Waals surface area contributed by atoms with Crippen LogP contribution in [0.4, 0.5) is 0 Å². The van der Waals surface area contributed by atoms with Crippen molar-refractivity contribution in [3.8, 4) is 0 Å². The highest BCUT2D eigenvalue weighted by atomic mass is 28.4. The first-order valence-electron chi connectivity index (χ1n) is 9.78. The maximum atomic E-state index is 5.85. The van der Waals surface area contributed by atoms with Crippen molar-refractivity contribution in [2.24, 2.45) is 5.92 Å². The van der Waals surface area contributed by atoms with E-state index in [1.807, 2.05) is 14.2 Å². The van der Waals surface area contributed by atoms with Crippen molar-refractivity contribution < 1.29 is 8.85 Å². The molecular weight excluding hydrogens is 288 g/mol. The first-order valence-corrected chi connectivity index (χ1v) is 11.9. The van der Waals surface area contributed by atoms with Crippen molar-refractivity contribution in [3.63, 3.8) is 0 Å². The molecule has 0 aromatic heterocycles. The van der Waals surface area contributed by atoms with Gasteiger partial charge in [0.15, 0.2) is 0 Å². The number of rotatable bonds is 6. The SMILES string of the molecule is CC1CCCCC1.CCCC[Si](OC)(OC)C1CCCCC1. The highest BCUT2D eigenvalue weighted by Crippen LogP contribution is 2.40. The average molecular weight is 329 g/mol. The van der Waals surface area contributed by atoms with Gasteiger partial charge in [0.25, 0.3) is 0 Å². The maximum absolute atomic E-state index is 5.85. The Bertz CT molecular complexity index is 254. The van der Waals surface area contributed by atoms with Gasteiger partial charge in [-0.2, -0.15) is 0 Å². The molecule has 0 atom stereocenters. The predicted octanol–water partition coefficient (Wildman–Crippen LogP) is 6.44. The largest absolute Gasteiger partial charge is 0.397 e. The van der Waals surface area contributed by atoms with Gasteiger partial charge in [0.05, 0.1) is 0 Å². The quantitative estimate of drug-likeness (QED) is 0.522. The van der Waals surface area contributed by atoms with Crippen LogP contribution in [0.1, 0.15) is 90.9 Å². The third kappa shape index (κ3) is 6.72. The summed E-state index contributed by atoms with van der Waals surface area (Å²) in [7, 11) is 1.86. The molecular formula is C19H40O2Si. The van der Waals surface area contributed by atoms with Crippen molar-refractivity contribution >= 4 is 8.56 Å². The second kappa shape index (κ2) is 11.6. The molecule has 0 aromatic rings. The van der Waals surface area contributed by atoms with Crippen LogP contribution in [0.25, 0.3) is 0 Å². The molecule has 2 rings (SSSR count). The average Bonchev–Trinajstić information content (AvgIpc) is 2.59. The lowest BCUT2D eigenvalue weighted by Crippen LogP contribution is -2.45. The molecule has 0 aliphatic heterocycles. The molecule has 0 saturated heterocycles. The molecule has 2 saturated carbocycles. The molecule has 2 fully saturated rings. The van der Waals surface area contributed by atoms with Crippen molar-refractivity contribution in [3.05, 3.63) is 0 Å². The Morgan fingerprint density at radius 3 is 1.68 bits per heavy atom. The molecule has 0 bridgehead atoms. The lowest BCUT2D eigenvalue weighted by molar-refractivity contribution is 0.215. The highest BCUT2D eigenvalue weighted by Gasteiger charge is 2.43. The number of hydrogen-bond acceptors (Lipinski definition) is 2. The van der Waals surface area contributed by atoms with E-state index in [0.29, 0.717) is 0 Å². The minimum atomic E-state index is -1.86. The summed E-state index contributed by atoms with van der Waals surface area (Å²) in [5.41, 5.74) is 0.743. The first-order chi connectivity index (χ1) is 10.7. The van der Waals surface area contributed by atoms with Gasteiger partial charge in [-0.3, -0.25) is 0 Å². The zero-order valence-electron chi connectivity index (χ0n) is 15.7. The van der Waals surface area contributed by atoms with Gasteiger partial charge in [-0.1, -0.05) is 78.1 Å². The molecule has 0 aromatic carbocycles. The summed E-state index contributed by atoms with van der Waals surface area (Å²) in [6.07, 6.45) is 16.7. The van der Waals surface area contributed by atoms with E-state index in [0.717, 1.165) is 11.5 Å². The summed E-state index contributed by atoms with van der Waals surface area (Å²) in [6.45, 7) is 4.60. The Morgan fingerprint density at radius 1 is 0.818 bits per heavy atom. The molecule has 0 unspecified atom stereocenters. The molecule has 3 heteroatoms. The summed E-state index contributed by atoms with van der Waals surface area (Å²) >= 11 is 0. The van der Waals surface area contributed by atoms with Crippen molar-refractivity contribution in [2.75, 3.05) is 14.2 Å². The molecule has 2 nitrogen and oxygen atoms in total. The van der Waals surface area contributed by atoms with Crippen LogP contribution in [0.15, 0.2) is 0 Å². The van der Waals surface area contributed by atoms with E-state index in [4.69, 9.17) is 8.85 Å². The Labute approximate surface area is 140 Å². The molecule has 0 spiro atoms. The van der Waals surface area contributed by atoms with Crippen molar-refractivity contribution in [2.45, 2.75) is 102 Å². The minimum Gasteiger partial charge on any atom is -0.397 e. The molecule has 0 N–H and O–H groups in total. The minimum absolute atomic E-state index is 0.743. The third-order valence-corrected chi connectivity index (χ3v) is 9.94. The summed E-state index contributed by atoms with van der Waals surface area (Å²) in [6, 6.07) is 1.18. The lowest BCUT2D eigenvalue weighted by atomic mass is 9.91. The van der Waals surface area contributed by atoms with Crippen LogP contribution in [0.2, 0.25) is 11.6 Å². The summed E-state index contributed by atoms with van der Waals surface area (Å²) in [5.74, 6) is 1.04. The van der Waals surface area contributed by atoms with Gasteiger partial charge in [0, 0.05) is 19.8 Å². The Balaban J connectivity index is 0.000000287. The second-order valence-corrected chi connectivity index (χ2v) is 11.2. The fraction of sp³-hybridized carbons (Fsp3) is 1.00. The van der Waals surface area contributed by atoms with E-state index in [-0.39, 0.29) is 0 Å². The van der Waals surface area contributed by atoms with Crippen LogP contribution in [0, 0.1) is 5.92 Å². The predicted molar refractivity (Wildman–Crippen MR) is 98.6 cm³/mol. The van der Waals surface area contributed by atoms with Gasteiger partial charge >= 0.3 is 8.56 Å². The fourth-order valence-corrected chi connectivity index (χ4v) is 7.88. The van der Waals surface area contributed by atoms with Gasteiger partial charge in [0.2, 0.25) is 0 Å². The number of hydrogen-bond donors (Lipinski definition) is 0. The van der Waals surface area contributed by atoms with E-state index in [1.165, 1.54) is 83.1 Å². The fourth-order valence-electron chi connectivity index (χ4n) is 4.10. The molecule has 22 heavy (non-hydrogen) atoms. The van der Waals surface area contributed by atoms with Crippen LogP contribution in [0.5, 0.6) is 0 Å². The second-order valence-electron chi connectivity index (χ2n) is 7.40. The van der Waals surface area contributed by atoms with Crippen molar-refractivity contribution in [1.29, 1.82) is 0 Å².